The highest BCUT2D eigenvalue weighted by Crippen LogP contribution is 2.40. The number of halogens is 5. The fourth-order valence-corrected chi connectivity index (χ4v) is 6.35. The molecule has 9 nitrogen and oxygen atoms in total. The fourth-order valence-electron chi connectivity index (χ4n) is 5.09. The topological polar surface area (TPSA) is 96.8 Å². The van der Waals surface area contributed by atoms with E-state index in [0.717, 1.165) is 22.9 Å². The SMILES string of the molecule is CN(C)C=O.COc1ccccc1-c1cn(SI)c2ncc(-c3cc(C)c(NC(=O)C4CCCN4C(=O)C(F)(F)F)c(F)c3)cc12. The molecule has 5 rings (SSSR count). The number of hydrogen-bond donors (Lipinski definition) is 1. The Morgan fingerprint density at radius 1 is 1.15 bits per heavy atom. The Morgan fingerprint density at radius 2 is 1.85 bits per heavy atom. The summed E-state index contributed by atoms with van der Waals surface area (Å²) in [5, 5.41) is 3.23. The Kier molecular flexibility index (Phi) is 11.2. The van der Waals surface area contributed by atoms with Gasteiger partial charge in [0.1, 0.15) is 17.6 Å². The Bertz CT molecular complexity index is 1740. The van der Waals surface area contributed by atoms with Gasteiger partial charge in [-0.15, -0.1) is 0 Å². The number of aromatic nitrogens is 2. The van der Waals surface area contributed by atoms with Crippen LogP contribution in [0.1, 0.15) is 18.4 Å². The molecular weight excluding hydrogens is 741 g/mol. The molecule has 1 atom stereocenters. The molecule has 3 amide bonds. The van der Waals surface area contributed by atoms with E-state index < -0.39 is 29.8 Å². The van der Waals surface area contributed by atoms with Gasteiger partial charge >= 0.3 is 12.1 Å². The van der Waals surface area contributed by atoms with Gasteiger partial charge in [-0.3, -0.25) is 18.4 Å². The van der Waals surface area contributed by atoms with Crippen LogP contribution in [0, 0.1) is 12.7 Å². The first kappa shape index (κ1) is 35.0. The number of amides is 3. The monoisotopic (exact) mass is 771 g/mol. The Balaban J connectivity index is 0.000000892. The van der Waals surface area contributed by atoms with Crippen molar-refractivity contribution in [1.82, 2.24) is 18.8 Å². The molecule has 1 N–H and O–H groups in total. The van der Waals surface area contributed by atoms with E-state index in [1.165, 1.54) is 20.1 Å². The van der Waals surface area contributed by atoms with E-state index >= 15 is 4.39 Å². The summed E-state index contributed by atoms with van der Waals surface area (Å²) in [7, 11) is 6.42. The van der Waals surface area contributed by atoms with Crippen LogP contribution in [-0.4, -0.2) is 76.9 Å². The number of alkyl halides is 3. The maximum absolute atomic E-state index is 15.4. The van der Waals surface area contributed by atoms with E-state index in [9.17, 15) is 27.6 Å². The molecule has 46 heavy (non-hydrogen) atoms. The van der Waals surface area contributed by atoms with Gasteiger partial charge in [-0.1, -0.05) is 18.2 Å². The number of hydrogen-bond acceptors (Lipinski definition) is 6. The highest BCUT2D eigenvalue weighted by atomic mass is 127. The van der Waals surface area contributed by atoms with Crippen molar-refractivity contribution in [3.05, 3.63) is 66.2 Å². The van der Waals surface area contributed by atoms with Crippen molar-refractivity contribution >= 4 is 65.3 Å². The van der Waals surface area contributed by atoms with Gasteiger partial charge in [0.25, 0.3) is 0 Å². The van der Waals surface area contributed by atoms with Gasteiger partial charge in [0.15, 0.2) is 5.65 Å². The number of nitrogens with zero attached hydrogens (tertiary/aromatic N) is 4. The zero-order valence-electron chi connectivity index (χ0n) is 25.2. The maximum Gasteiger partial charge on any atom is 0.471 e. The maximum atomic E-state index is 15.4. The summed E-state index contributed by atoms with van der Waals surface area (Å²) >= 11 is 2.16. The van der Waals surface area contributed by atoms with Crippen molar-refractivity contribution < 1.29 is 36.7 Å². The second-order valence-corrected chi connectivity index (χ2v) is 12.3. The van der Waals surface area contributed by atoms with Gasteiger partial charge in [-0.25, -0.2) is 9.37 Å². The number of aryl methyl sites for hydroxylation is 1. The molecule has 0 spiro atoms. The highest BCUT2D eigenvalue weighted by molar-refractivity contribution is 14.2. The molecule has 3 heterocycles. The van der Waals surface area contributed by atoms with Crippen molar-refractivity contribution in [3.8, 4) is 28.0 Å². The Morgan fingerprint density at radius 3 is 2.46 bits per heavy atom. The number of ether oxygens (including phenoxy) is 1. The number of methoxy groups -OCH3 is 1. The second kappa shape index (κ2) is 14.7. The number of para-hydroxylation sites is 1. The van der Waals surface area contributed by atoms with Crippen LogP contribution in [0.15, 0.2) is 54.9 Å². The molecule has 2 aromatic heterocycles. The highest BCUT2D eigenvalue weighted by Gasteiger charge is 2.47. The molecule has 0 radical (unpaired) electrons. The van der Waals surface area contributed by atoms with Gasteiger partial charge in [0.05, 0.1) is 12.8 Å². The lowest BCUT2D eigenvalue weighted by atomic mass is 10.00. The average molecular weight is 772 g/mol. The minimum Gasteiger partial charge on any atom is -0.496 e. The van der Waals surface area contributed by atoms with Crippen LogP contribution in [0.5, 0.6) is 5.75 Å². The molecule has 4 aromatic rings. The van der Waals surface area contributed by atoms with Gasteiger partial charge in [-0.2, -0.15) is 13.2 Å². The summed E-state index contributed by atoms with van der Waals surface area (Å²) < 4.78 is 61.8. The van der Waals surface area contributed by atoms with Crippen LogP contribution in [0.2, 0.25) is 0 Å². The number of anilines is 1. The minimum atomic E-state index is -5.09. The van der Waals surface area contributed by atoms with Crippen molar-refractivity contribution in [3.63, 3.8) is 0 Å². The number of pyridine rings is 1. The molecule has 1 unspecified atom stereocenters. The van der Waals surface area contributed by atoms with Crippen molar-refractivity contribution in [2.45, 2.75) is 32.0 Å². The number of likely N-dealkylation sites (tertiary alicyclic amines) is 1. The smallest absolute Gasteiger partial charge is 0.471 e. The third-order valence-electron chi connectivity index (χ3n) is 7.22. The van der Waals surface area contributed by atoms with Gasteiger partial charge in [0.2, 0.25) is 12.3 Å². The van der Waals surface area contributed by atoms with Crippen LogP contribution in [-0.2, 0) is 14.4 Å². The van der Waals surface area contributed by atoms with Crippen LogP contribution in [0.4, 0.5) is 23.2 Å². The quantitative estimate of drug-likeness (QED) is 0.125. The zero-order chi connectivity index (χ0) is 33.8. The lowest BCUT2D eigenvalue weighted by molar-refractivity contribution is -0.186. The first-order chi connectivity index (χ1) is 21.8. The number of rotatable bonds is 7. The first-order valence-corrected chi connectivity index (χ1v) is 17.2. The molecular formula is C31H30F4IN5O4S. The van der Waals surface area contributed by atoms with E-state index in [1.807, 2.05) is 40.5 Å². The number of benzene rings is 2. The third kappa shape index (κ3) is 7.57. The number of carbonyl (C=O) groups is 3. The zero-order valence-corrected chi connectivity index (χ0v) is 28.2. The van der Waals surface area contributed by atoms with E-state index in [1.54, 1.807) is 40.4 Å². The standard InChI is InChI=1S/C28H23F4IN4O3S.C3H7NO/c1-15-10-16(12-21(29)24(15)35-26(38)22-7-5-9-36(22)27(39)28(30,31)32)17-11-19-20(14-37(41-33)25(19)34-13-17)18-6-3-4-8-23(18)40-2;1-4(2)3-5/h3-4,6,8,10-14,22H,5,7,9H2,1-2H3,(H,35,38);3H,1-2H3. The molecule has 0 bridgehead atoms. The predicted molar refractivity (Wildman–Crippen MR) is 178 cm³/mol. The predicted octanol–water partition coefficient (Wildman–Crippen LogP) is 6.87. The van der Waals surface area contributed by atoms with Crippen molar-refractivity contribution in [2.24, 2.45) is 0 Å². The largest absolute Gasteiger partial charge is 0.496 e. The van der Waals surface area contributed by atoms with Crippen molar-refractivity contribution in [2.75, 3.05) is 33.1 Å². The van der Waals surface area contributed by atoms with Gasteiger partial charge in [-0.05, 0) is 55.2 Å². The molecule has 1 aliphatic heterocycles. The van der Waals surface area contributed by atoms with E-state index in [-0.39, 0.29) is 25.1 Å². The number of carbonyl (C=O) groups excluding carboxylic acids is 3. The molecule has 1 aliphatic rings. The minimum absolute atomic E-state index is 0.0573. The van der Waals surface area contributed by atoms with Gasteiger partial charge < -0.3 is 19.9 Å². The van der Waals surface area contributed by atoms with E-state index in [4.69, 9.17) is 4.74 Å². The lowest BCUT2D eigenvalue weighted by Crippen LogP contribution is -2.48. The Hall–Kier alpha value is -3.86. The molecule has 2 aromatic carbocycles. The third-order valence-corrected chi connectivity index (χ3v) is 8.92. The van der Waals surface area contributed by atoms with Crippen LogP contribution < -0.4 is 10.1 Å². The van der Waals surface area contributed by atoms with Crippen LogP contribution in [0.25, 0.3) is 33.3 Å². The molecule has 1 saturated heterocycles. The molecule has 1 fully saturated rings. The number of fused-ring (bicyclic) bond motifs is 1. The fraction of sp³-hybridized carbons (Fsp3) is 0.290. The van der Waals surface area contributed by atoms with E-state index in [2.05, 4.69) is 31.5 Å². The summed E-state index contributed by atoms with van der Waals surface area (Å²) in [6, 6.07) is 11.1. The Labute approximate surface area is 279 Å². The second-order valence-electron chi connectivity index (χ2n) is 10.6. The molecule has 0 saturated carbocycles. The van der Waals surface area contributed by atoms with Gasteiger partial charge in [0, 0.05) is 85.4 Å². The molecule has 15 heteroatoms. The number of nitrogens with one attached hydrogen (secondary N) is 1. The van der Waals surface area contributed by atoms with Crippen LogP contribution >= 0.6 is 30.3 Å². The lowest BCUT2D eigenvalue weighted by Gasteiger charge is -2.25. The molecule has 244 valence electrons. The normalized spacial score (nSPS) is 14.5. The summed E-state index contributed by atoms with van der Waals surface area (Å²) in [5.74, 6) is -3.01. The summed E-state index contributed by atoms with van der Waals surface area (Å²) in [4.78, 5) is 40.6. The van der Waals surface area contributed by atoms with E-state index in [0.29, 0.717) is 33.0 Å². The van der Waals surface area contributed by atoms with Crippen molar-refractivity contribution in [1.29, 1.82) is 0 Å². The average Bonchev–Trinajstić information content (AvgIpc) is 3.67. The summed E-state index contributed by atoms with van der Waals surface area (Å²) in [6.45, 7) is 1.39. The van der Waals surface area contributed by atoms with Crippen LogP contribution in [0.3, 0.4) is 0 Å². The molecule has 0 aliphatic carbocycles. The first-order valence-electron chi connectivity index (χ1n) is 13.8. The summed E-state index contributed by atoms with van der Waals surface area (Å²) in [5.41, 5.74) is 3.81. The summed E-state index contributed by atoms with van der Waals surface area (Å²) in [6.07, 6.45) is -0.463.